The Morgan fingerprint density at radius 2 is 1.24 bits per heavy atom. The molecule has 3 aromatic rings. The molecule has 1 aromatic heterocycles. The van der Waals surface area contributed by atoms with Crippen molar-refractivity contribution in [3.05, 3.63) is 58.8 Å². The molecule has 3 nitrogen and oxygen atoms in total. The number of aliphatic hydroxyl groups is 1. The predicted molar refractivity (Wildman–Crippen MR) is 70.2 cm³/mol. The van der Waals surface area contributed by atoms with Crippen molar-refractivity contribution in [2.24, 2.45) is 0 Å². The van der Waals surface area contributed by atoms with E-state index >= 15 is 0 Å². The van der Waals surface area contributed by atoms with Crippen molar-refractivity contribution in [1.82, 2.24) is 4.98 Å². The van der Waals surface area contributed by atoms with Gasteiger partial charge < -0.3 is 10.1 Å². The second-order valence-corrected chi connectivity index (χ2v) is 3.55. The highest BCUT2D eigenvalue weighted by Gasteiger charge is 2.02. The third kappa shape index (κ3) is 1.92. The average molecular weight is 227 g/mol. The first-order valence-corrected chi connectivity index (χ1v) is 5.31. The summed E-state index contributed by atoms with van der Waals surface area (Å²) in [4.78, 5) is 15.3. The number of rotatable bonds is 0. The monoisotopic (exact) mass is 227 g/mol. The highest BCUT2D eigenvalue weighted by molar-refractivity contribution is 5.92. The minimum atomic E-state index is 0.0972. The Morgan fingerprint density at radius 1 is 0.824 bits per heavy atom. The smallest absolute Gasteiger partial charge is 0.197 e. The second-order valence-electron chi connectivity index (χ2n) is 3.55. The van der Waals surface area contributed by atoms with Crippen molar-refractivity contribution in [1.29, 1.82) is 0 Å². The summed E-state index contributed by atoms with van der Waals surface area (Å²) in [5.74, 6) is 0. The number of H-pyrrole nitrogens is 1. The minimum Gasteiger partial charge on any atom is -0.400 e. The van der Waals surface area contributed by atoms with Crippen LogP contribution in [-0.2, 0) is 0 Å². The number of hydrogen-bond acceptors (Lipinski definition) is 2. The number of aromatic amines is 1. The van der Waals surface area contributed by atoms with Crippen molar-refractivity contribution < 1.29 is 5.11 Å². The Balaban J connectivity index is 0.000000514. The molecule has 2 N–H and O–H groups in total. The number of aromatic nitrogens is 1. The summed E-state index contributed by atoms with van der Waals surface area (Å²) in [7, 11) is 1.00. The molecule has 0 bridgehead atoms. The van der Waals surface area contributed by atoms with Gasteiger partial charge in [-0.05, 0) is 24.3 Å². The molecule has 0 aliphatic carbocycles. The van der Waals surface area contributed by atoms with Crippen molar-refractivity contribution in [2.75, 3.05) is 7.11 Å². The first-order chi connectivity index (χ1) is 8.36. The van der Waals surface area contributed by atoms with Crippen LogP contribution in [-0.4, -0.2) is 17.2 Å². The molecule has 0 saturated heterocycles. The SMILES string of the molecule is CO.O=c1c2ccccc2[nH]c2ccccc12. The molecule has 2 aromatic carbocycles. The van der Waals surface area contributed by atoms with Gasteiger partial charge >= 0.3 is 0 Å². The molecule has 17 heavy (non-hydrogen) atoms. The third-order valence-corrected chi connectivity index (χ3v) is 2.61. The molecule has 0 saturated carbocycles. The molecule has 0 atom stereocenters. The van der Waals surface area contributed by atoms with Gasteiger partial charge in [0, 0.05) is 28.9 Å². The number of nitrogens with one attached hydrogen (secondary N) is 1. The van der Waals surface area contributed by atoms with Gasteiger partial charge in [0.2, 0.25) is 0 Å². The van der Waals surface area contributed by atoms with Gasteiger partial charge in [0.15, 0.2) is 5.43 Å². The molecule has 0 aliphatic heterocycles. The Labute approximate surface area is 98.3 Å². The van der Waals surface area contributed by atoms with E-state index in [0.29, 0.717) is 0 Å². The Bertz CT molecular complexity index is 644. The van der Waals surface area contributed by atoms with Crippen LogP contribution in [0.25, 0.3) is 21.8 Å². The molecule has 0 radical (unpaired) electrons. The van der Waals surface area contributed by atoms with Gasteiger partial charge in [-0.15, -0.1) is 0 Å². The fraction of sp³-hybridized carbons (Fsp3) is 0.0714. The number of benzene rings is 2. The maximum absolute atomic E-state index is 12.1. The van der Waals surface area contributed by atoms with E-state index in [2.05, 4.69) is 4.98 Å². The lowest BCUT2D eigenvalue weighted by Crippen LogP contribution is -2.03. The highest BCUT2D eigenvalue weighted by Crippen LogP contribution is 2.13. The van der Waals surface area contributed by atoms with Gasteiger partial charge in [-0.1, -0.05) is 24.3 Å². The van der Waals surface area contributed by atoms with E-state index in [-0.39, 0.29) is 5.43 Å². The van der Waals surface area contributed by atoms with Gasteiger partial charge in [0.05, 0.1) is 0 Å². The molecule has 0 amide bonds. The molecule has 0 aliphatic rings. The van der Waals surface area contributed by atoms with Gasteiger partial charge in [-0.25, -0.2) is 0 Å². The fourth-order valence-electron chi connectivity index (χ4n) is 1.87. The zero-order valence-electron chi connectivity index (χ0n) is 9.47. The molecule has 0 fully saturated rings. The van der Waals surface area contributed by atoms with Gasteiger partial charge in [0.1, 0.15) is 0 Å². The zero-order valence-corrected chi connectivity index (χ0v) is 9.47. The highest BCUT2D eigenvalue weighted by atomic mass is 16.2. The van der Waals surface area contributed by atoms with Crippen molar-refractivity contribution in [3.63, 3.8) is 0 Å². The van der Waals surface area contributed by atoms with Crippen LogP contribution >= 0.6 is 0 Å². The molecule has 0 unspecified atom stereocenters. The van der Waals surface area contributed by atoms with Crippen LogP contribution in [0.3, 0.4) is 0 Å². The van der Waals surface area contributed by atoms with E-state index in [1.165, 1.54) is 0 Å². The van der Waals surface area contributed by atoms with Gasteiger partial charge in [-0.3, -0.25) is 4.79 Å². The van der Waals surface area contributed by atoms with E-state index in [1.54, 1.807) is 0 Å². The lowest BCUT2D eigenvalue weighted by molar-refractivity contribution is 0.399. The van der Waals surface area contributed by atoms with Gasteiger partial charge in [0.25, 0.3) is 0 Å². The van der Waals surface area contributed by atoms with Crippen LogP contribution in [0.2, 0.25) is 0 Å². The largest absolute Gasteiger partial charge is 0.400 e. The Hall–Kier alpha value is -2.13. The summed E-state index contributed by atoms with van der Waals surface area (Å²) in [6.07, 6.45) is 0. The molecular weight excluding hydrogens is 214 g/mol. The summed E-state index contributed by atoms with van der Waals surface area (Å²) in [5.41, 5.74) is 1.88. The summed E-state index contributed by atoms with van der Waals surface area (Å²) in [6.45, 7) is 0. The van der Waals surface area contributed by atoms with Crippen molar-refractivity contribution >= 4 is 21.8 Å². The molecular formula is C14H13NO2. The van der Waals surface area contributed by atoms with Crippen LogP contribution in [0.4, 0.5) is 0 Å². The molecule has 3 heteroatoms. The number of hydrogen-bond donors (Lipinski definition) is 2. The van der Waals surface area contributed by atoms with E-state index in [9.17, 15) is 4.79 Å². The number of para-hydroxylation sites is 2. The maximum Gasteiger partial charge on any atom is 0.197 e. The summed E-state index contributed by atoms with van der Waals surface area (Å²) < 4.78 is 0. The van der Waals surface area contributed by atoms with Crippen molar-refractivity contribution in [2.45, 2.75) is 0 Å². The molecule has 86 valence electrons. The standard InChI is InChI=1S/C13H9NO.CH4O/c15-13-9-5-1-3-7-11(9)14-12-8-4-2-6-10(12)13;1-2/h1-8H,(H,14,15);2H,1H3. The summed E-state index contributed by atoms with van der Waals surface area (Å²) in [6, 6.07) is 15.1. The number of pyridine rings is 1. The van der Waals surface area contributed by atoms with Crippen LogP contribution < -0.4 is 5.43 Å². The van der Waals surface area contributed by atoms with Crippen LogP contribution in [0, 0.1) is 0 Å². The predicted octanol–water partition coefficient (Wildman–Crippen LogP) is 2.29. The first-order valence-electron chi connectivity index (χ1n) is 5.31. The van der Waals surface area contributed by atoms with Crippen LogP contribution in [0.5, 0.6) is 0 Å². The number of fused-ring (bicyclic) bond motifs is 2. The van der Waals surface area contributed by atoms with Crippen LogP contribution in [0.15, 0.2) is 53.3 Å². The number of aliphatic hydroxyl groups excluding tert-OH is 1. The second kappa shape index (κ2) is 4.80. The van der Waals surface area contributed by atoms with E-state index in [1.807, 2.05) is 48.5 Å². The normalized spacial score (nSPS) is 10.0. The topological polar surface area (TPSA) is 53.1 Å². The van der Waals surface area contributed by atoms with E-state index < -0.39 is 0 Å². The van der Waals surface area contributed by atoms with Crippen LogP contribution in [0.1, 0.15) is 0 Å². The maximum atomic E-state index is 12.1. The Kier molecular flexibility index (Phi) is 3.21. The lowest BCUT2D eigenvalue weighted by atomic mass is 10.1. The van der Waals surface area contributed by atoms with Crippen molar-refractivity contribution in [3.8, 4) is 0 Å². The quantitative estimate of drug-likeness (QED) is 0.579. The molecule has 0 spiro atoms. The zero-order chi connectivity index (χ0) is 12.3. The van der Waals surface area contributed by atoms with E-state index in [4.69, 9.17) is 5.11 Å². The first kappa shape index (κ1) is 11.4. The molecule has 1 heterocycles. The average Bonchev–Trinajstić information content (AvgIpc) is 2.41. The lowest BCUT2D eigenvalue weighted by Gasteiger charge is -2.01. The fourth-order valence-corrected chi connectivity index (χ4v) is 1.87. The van der Waals surface area contributed by atoms with E-state index in [0.717, 1.165) is 28.9 Å². The van der Waals surface area contributed by atoms with Gasteiger partial charge in [-0.2, -0.15) is 0 Å². The summed E-state index contributed by atoms with van der Waals surface area (Å²) >= 11 is 0. The summed E-state index contributed by atoms with van der Waals surface area (Å²) in [5, 5.41) is 8.49. The Morgan fingerprint density at radius 3 is 1.71 bits per heavy atom. The minimum absolute atomic E-state index is 0.0972. The third-order valence-electron chi connectivity index (χ3n) is 2.61. The molecule has 3 rings (SSSR count).